The Morgan fingerprint density at radius 2 is 2.05 bits per heavy atom. The van der Waals surface area contributed by atoms with Gasteiger partial charge >= 0.3 is 0 Å². The van der Waals surface area contributed by atoms with Crippen LogP contribution in [0.2, 0.25) is 5.02 Å². The summed E-state index contributed by atoms with van der Waals surface area (Å²) in [6.45, 7) is 2.30. The second kappa shape index (κ2) is 7.46. The quantitative estimate of drug-likeness (QED) is 0.770. The van der Waals surface area contributed by atoms with Gasteiger partial charge in [-0.25, -0.2) is 0 Å². The number of hydrogen-bond acceptors (Lipinski definition) is 3. The minimum Gasteiger partial charge on any atom is -0.366 e. The highest BCUT2D eigenvalue weighted by Gasteiger charge is 2.35. The minimum atomic E-state index is 0.695. The van der Waals surface area contributed by atoms with Crippen LogP contribution in [0.3, 0.4) is 0 Å². The first-order valence-electron chi connectivity index (χ1n) is 8.53. The zero-order valence-electron chi connectivity index (χ0n) is 13.7. The molecule has 122 valence electrons. The topological polar surface area (TPSA) is 6.48 Å². The first kappa shape index (κ1) is 16.5. The summed E-state index contributed by atoms with van der Waals surface area (Å²) < 4.78 is 0. The van der Waals surface area contributed by atoms with Gasteiger partial charge in [-0.1, -0.05) is 30.9 Å². The molecule has 1 heterocycles. The molecule has 1 aromatic carbocycles. The zero-order chi connectivity index (χ0) is 15.5. The summed E-state index contributed by atoms with van der Waals surface area (Å²) in [4.78, 5) is 6.39. The fourth-order valence-electron chi connectivity index (χ4n) is 3.75. The monoisotopic (exact) mass is 338 g/mol. The highest BCUT2D eigenvalue weighted by Crippen LogP contribution is 2.46. The number of fused-ring (bicyclic) bond motifs is 2. The molecule has 0 saturated heterocycles. The number of hydrogen-bond donors (Lipinski definition) is 0. The number of rotatable bonds is 4. The molecule has 3 rings (SSSR count). The Bertz CT molecular complexity index is 506. The minimum absolute atomic E-state index is 0.695. The number of nitrogens with zero attached hydrogens (tertiary/aromatic N) is 2. The molecule has 2 atom stereocenters. The Morgan fingerprint density at radius 3 is 2.86 bits per heavy atom. The summed E-state index contributed by atoms with van der Waals surface area (Å²) in [7, 11) is 4.32. The van der Waals surface area contributed by atoms with Crippen LogP contribution < -0.4 is 4.90 Å². The normalized spacial score (nSPS) is 24.8. The number of thioether (sulfide) groups is 1. The van der Waals surface area contributed by atoms with Crippen LogP contribution in [0.15, 0.2) is 23.1 Å². The third-order valence-corrected chi connectivity index (χ3v) is 6.52. The summed E-state index contributed by atoms with van der Waals surface area (Å²) in [6.07, 6.45) is 8.08. The SMILES string of the molecule is CN(C)CCCN1c2cc(Cl)ccc2SC2CCCCCC21. The second-order valence-electron chi connectivity index (χ2n) is 6.82. The molecular weight excluding hydrogens is 312 g/mol. The van der Waals surface area contributed by atoms with E-state index >= 15 is 0 Å². The Morgan fingerprint density at radius 1 is 1.23 bits per heavy atom. The molecule has 2 aliphatic rings. The van der Waals surface area contributed by atoms with E-state index in [0.29, 0.717) is 6.04 Å². The van der Waals surface area contributed by atoms with Gasteiger partial charge in [0.2, 0.25) is 0 Å². The zero-order valence-corrected chi connectivity index (χ0v) is 15.3. The smallest absolute Gasteiger partial charge is 0.0522 e. The van der Waals surface area contributed by atoms with Gasteiger partial charge in [0.1, 0.15) is 0 Å². The van der Waals surface area contributed by atoms with Crippen LogP contribution in [0, 0.1) is 0 Å². The van der Waals surface area contributed by atoms with Crippen molar-refractivity contribution >= 4 is 29.1 Å². The van der Waals surface area contributed by atoms with Crippen molar-refractivity contribution in [2.24, 2.45) is 0 Å². The molecule has 1 aliphatic heterocycles. The first-order valence-corrected chi connectivity index (χ1v) is 9.78. The van der Waals surface area contributed by atoms with E-state index in [1.54, 1.807) is 0 Å². The summed E-state index contributed by atoms with van der Waals surface area (Å²) in [6, 6.07) is 7.14. The second-order valence-corrected chi connectivity index (χ2v) is 8.54. The Labute approximate surface area is 144 Å². The van der Waals surface area contributed by atoms with Gasteiger partial charge in [-0.3, -0.25) is 0 Å². The van der Waals surface area contributed by atoms with Crippen LogP contribution in [-0.2, 0) is 0 Å². The lowest BCUT2D eigenvalue weighted by Crippen LogP contribution is -2.45. The van der Waals surface area contributed by atoms with Crippen molar-refractivity contribution in [3.8, 4) is 0 Å². The lowest BCUT2D eigenvalue weighted by atomic mass is 10.0. The molecule has 0 spiro atoms. The van der Waals surface area contributed by atoms with Gasteiger partial charge in [0.25, 0.3) is 0 Å². The Balaban J connectivity index is 1.85. The Kier molecular flexibility index (Phi) is 5.59. The third kappa shape index (κ3) is 3.74. The maximum absolute atomic E-state index is 6.29. The van der Waals surface area contributed by atoms with Gasteiger partial charge in [-0.15, -0.1) is 11.8 Å². The van der Waals surface area contributed by atoms with Crippen LogP contribution >= 0.6 is 23.4 Å². The molecule has 4 heteroatoms. The van der Waals surface area contributed by atoms with E-state index in [0.717, 1.165) is 23.4 Å². The number of anilines is 1. The van der Waals surface area contributed by atoms with E-state index < -0.39 is 0 Å². The molecule has 22 heavy (non-hydrogen) atoms. The number of halogens is 1. The lowest BCUT2D eigenvalue weighted by Gasteiger charge is -2.43. The molecule has 0 aromatic heterocycles. The maximum atomic E-state index is 6.29. The van der Waals surface area contributed by atoms with E-state index in [1.165, 1.54) is 49.1 Å². The third-order valence-electron chi connectivity index (χ3n) is 4.83. The van der Waals surface area contributed by atoms with Crippen molar-refractivity contribution in [2.45, 2.75) is 54.7 Å². The van der Waals surface area contributed by atoms with Gasteiger partial charge in [0.05, 0.1) is 5.69 Å². The van der Waals surface area contributed by atoms with E-state index in [9.17, 15) is 0 Å². The van der Waals surface area contributed by atoms with E-state index in [-0.39, 0.29) is 0 Å². The molecule has 1 aliphatic carbocycles. The van der Waals surface area contributed by atoms with E-state index in [1.807, 2.05) is 6.07 Å². The first-order chi connectivity index (χ1) is 10.6. The highest BCUT2D eigenvalue weighted by atomic mass is 35.5. The summed E-state index contributed by atoms with van der Waals surface area (Å²) in [5.74, 6) is 0. The number of benzene rings is 1. The van der Waals surface area contributed by atoms with Crippen LogP contribution in [0.1, 0.15) is 38.5 Å². The van der Waals surface area contributed by atoms with Crippen LogP contribution in [0.4, 0.5) is 5.69 Å². The average molecular weight is 339 g/mol. The fourth-order valence-corrected chi connectivity index (χ4v) is 5.41. The van der Waals surface area contributed by atoms with Crippen molar-refractivity contribution in [3.63, 3.8) is 0 Å². The molecule has 2 nitrogen and oxygen atoms in total. The van der Waals surface area contributed by atoms with Gasteiger partial charge in [0.15, 0.2) is 0 Å². The average Bonchev–Trinajstić information content (AvgIpc) is 2.72. The van der Waals surface area contributed by atoms with Crippen molar-refractivity contribution in [2.75, 3.05) is 32.1 Å². The summed E-state index contributed by atoms with van der Waals surface area (Å²) in [5, 5.41) is 1.62. The van der Waals surface area contributed by atoms with Crippen molar-refractivity contribution in [3.05, 3.63) is 23.2 Å². The standard InChI is InChI=1S/C18H27ClN2S/c1-20(2)11-6-12-21-15-7-4-3-5-8-17(15)22-18-10-9-14(19)13-16(18)21/h9-10,13,15,17H,3-8,11-12H2,1-2H3. The predicted octanol–water partition coefficient (Wildman–Crippen LogP) is 4.91. The van der Waals surface area contributed by atoms with Gasteiger partial charge in [-0.05, 0) is 58.1 Å². The largest absolute Gasteiger partial charge is 0.366 e. The molecule has 1 saturated carbocycles. The predicted molar refractivity (Wildman–Crippen MR) is 98.5 cm³/mol. The van der Waals surface area contributed by atoms with E-state index in [2.05, 4.69) is 47.8 Å². The molecule has 0 radical (unpaired) electrons. The molecule has 0 amide bonds. The lowest BCUT2D eigenvalue weighted by molar-refractivity contribution is 0.393. The van der Waals surface area contributed by atoms with Gasteiger partial charge in [-0.2, -0.15) is 0 Å². The highest BCUT2D eigenvalue weighted by molar-refractivity contribution is 8.00. The summed E-state index contributed by atoms with van der Waals surface area (Å²) >= 11 is 8.39. The molecule has 1 fully saturated rings. The van der Waals surface area contributed by atoms with Crippen LogP contribution in [-0.4, -0.2) is 43.4 Å². The summed E-state index contributed by atoms with van der Waals surface area (Å²) in [5.41, 5.74) is 1.37. The van der Waals surface area contributed by atoms with Crippen molar-refractivity contribution < 1.29 is 0 Å². The van der Waals surface area contributed by atoms with Crippen molar-refractivity contribution in [1.29, 1.82) is 0 Å². The maximum Gasteiger partial charge on any atom is 0.0522 e. The fraction of sp³-hybridized carbons (Fsp3) is 0.667. The van der Waals surface area contributed by atoms with Crippen molar-refractivity contribution in [1.82, 2.24) is 4.90 Å². The molecular formula is C18H27ClN2S. The van der Waals surface area contributed by atoms with Gasteiger partial charge in [0, 0.05) is 27.8 Å². The molecule has 2 unspecified atom stereocenters. The molecule has 0 bridgehead atoms. The van der Waals surface area contributed by atoms with Gasteiger partial charge < -0.3 is 9.80 Å². The van der Waals surface area contributed by atoms with Crippen LogP contribution in [0.5, 0.6) is 0 Å². The molecule has 1 aromatic rings. The molecule has 0 N–H and O–H groups in total. The Hall–Kier alpha value is -0.380. The van der Waals surface area contributed by atoms with E-state index in [4.69, 9.17) is 11.6 Å². The van der Waals surface area contributed by atoms with Crippen LogP contribution in [0.25, 0.3) is 0 Å².